The number of ether oxygens (including phenoxy) is 2. The number of rotatable bonds is 5. The zero-order valence-corrected chi connectivity index (χ0v) is 16.8. The Morgan fingerprint density at radius 1 is 1.30 bits per heavy atom. The van der Waals surface area contributed by atoms with Crippen molar-refractivity contribution in [2.75, 3.05) is 18.6 Å². The first-order chi connectivity index (χ1) is 13.0. The number of carbonyl (C=O) groups excluding carboxylic acids is 1. The first-order valence-corrected chi connectivity index (χ1v) is 9.18. The molecule has 27 heavy (non-hydrogen) atoms. The summed E-state index contributed by atoms with van der Waals surface area (Å²) in [6.07, 6.45) is 1.71. The maximum Gasteiger partial charge on any atom is 0.281 e. The van der Waals surface area contributed by atoms with Gasteiger partial charge in [0.25, 0.3) is 5.91 Å². The van der Waals surface area contributed by atoms with Crippen molar-refractivity contribution in [3.8, 4) is 11.5 Å². The molecule has 0 radical (unpaired) electrons. The molecule has 0 unspecified atom stereocenters. The fourth-order valence-corrected chi connectivity index (χ4v) is 3.43. The van der Waals surface area contributed by atoms with Gasteiger partial charge in [-0.25, -0.2) is 0 Å². The van der Waals surface area contributed by atoms with Crippen molar-refractivity contribution < 1.29 is 14.3 Å². The lowest BCUT2D eigenvalue weighted by molar-refractivity contribution is -0.113. The molecule has 3 rings (SSSR count). The molecule has 0 aromatic heterocycles. The highest BCUT2D eigenvalue weighted by atomic mass is 35.5. The zero-order valence-electron chi connectivity index (χ0n) is 15.2. The molecular formula is C20H19ClN2O3S. The topological polar surface area (TPSA) is 50.8 Å². The number of hydrogen-bond acceptors (Lipinski definition) is 4. The third-order valence-electron chi connectivity index (χ3n) is 4.09. The number of amides is 1. The van der Waals surface area contributed by atoms with E-state index in [1.165, 1.54) is 4.90 Å². The van der Waals surface area contributed by atoms with Gasteiger partial charge in [-0.3, -0.25) is 9.69 Å². The molecule has 0 spiro atoms. The van der Waals surface area contributed by atoms with Crippen LogP contribution in [0.4, 0.5) is 5.69 Å². The van der Waals surface area contributed by atoms with Crippen molar-refractivity contribution >= 4 is 46.6 Å². The van der Waals surface area contributed by atoms with Crippen molar-refractivity contribution in [1.82, 2.24) is 5.32 Å². The quantitative estimate of drug-likeness (QED) is 0.596. The molecular weight excluding hydrogens is 384 g/mol. The molecule has 1 aliphatic heterocycles. The monoisotopic (exact) mass is 402 g/mol. The van der Waals surface area contributed by atoms with Crippen molar-refractivity contribution in [3.05, 3.63) is 58.2 Å². The normalized spacial score (nSPS) is 15.3. The van der Waals surface area contributed by atoms with E-state index in [0.29, 0.717) is 39.6 Å². The summed E-state index contributed by atoms with van der Waals surface area (Å²) in [7, 11) is 1.57. The number of anilines is 1. The van der Waals surface area contributed by atoms with E-state index in [1.807, 2.05) is 32.0 Å². The van der Waals surface area contributed by atoms with Gasteiger partial charge in [-0.1, -0.05) is 23.7 Å². The van der Waals surface area contributed by atoms with Gasteiger partial charge in [-0.15, -0.1) is 0 Å². The standard InChI is InChI=1S/C20H19ClN2O3S/c1-4-26-17-7-5-6-13(18(17)25-3)11-15-19(24)23(20(27)22-15)16-9-8-14(21)10-12(16)2/h5-11H,4H2,1-3H3,(H,22,27)/b15-11-. The Labute approximate surface area is 168 Å². The Hall–Kier alpha value is -2.57. The molecule has 1 aliphatic rings. The minimum Gasteiger partial charge on any atom is -0.492 e. The van der Waals surface area contributed by atoms with E-state index >= 15 is 0 Å². The Bertz CT molecular complexity index is 943. The second-order valence-electron chi connectivity index (χ2n) is 5.87. The predicted molar refractivity (Wildman–Crippen MR) is 112 cm³/mol. The number of nitrogens with one attached hydrogen (secondary N) is 1. The summed E-state index contributed by atoms with van der Waals surface area (Å²) in [5, 5.41) is 3.91. The fourth-order valence-electron chi connectivity index (χ4n) is 2.91. The number of aryl methyl sites for hydroxylation is 1. The molecule has 0 atom stereocenters. The number of carbonyl (C=O) groups is 1. The van der Waals surface area contributed by atoms with Gasteiger partial charge in [0, 0.05) is 10.6 Å². The minimum absolute atomic E-state index is 0.241. The van der Waals surface area contributed by atoms with Crippen LogP contribution in [0.25, 0.3) is 6.08 Å². The van der Waals surface area contributed by atoms with E-state index in [4.69, 9.17) is 33.3 Å². The lowest BCUT2D eigenvalue weighted by atomic mass is 10.1. The number of benzene rings is 2. The lowest BCUT2D eigenvalue weighted by Gasteiger charge is -2.16. The minimum atomic E-state index is -0.241. The molecule has 2 aromatic carbocycles. The smallest absolute Gasteiger partial charge is 0.281 e. The third kappa shape index (κ3) is 3.77. The lowest BCUT2D eigenvalue weighted by Crippen LogP contribution is -2.30. The molecule has 0 saturated carbocycles. The van der Waals surface area contributed by atoms with Gasteiger partial charge in [0.05, 0.1) is 19.4 Å². The molecule has 0 bridgehead atoms. The van der Waals surface area contributed by atoms with E-state index in [-0.39, 0.29) is 5.91 Å². The molecule has 5 nitrogen and oxygen atoms in total. The maximum atomic E-state index is 13.0. The first kappa shape index (κ1) is 19.2. The molecule has 2 aromatic rings. The first-order valence-electron chi connectivity index (χ1n) is 8.39. The van der Waals surface area contributed by atoms with Crippen LogP contribution in [0.5, 0.6) is 11.5 Å². The molecule has 0 aliphatic carbocycles. The van der Waals surface area contributed by atoms with Gasteiger partial charge >= 0.3 is 0 Å². The van der Waals surface area contributed by atoms with E-state index in [9.17, 15) is 4.79 Å². The Morgan fingerprint density at radius 2 is 2.07 bits per heavy atom. The molecule has 1 N–H and O–H groups in total. The van der Waals surface area contributed by atoms with Crippen molar-refractivity contribution in [2.45, 2.75) is 13.8 Å². The Balaban J connectivity index is 1.99. The van der Waals surface area contributed by atoms with Crippen molar-refractivity contribution in [2.24, 2.45) is 0 Å². The summed E-state index contributed by atoms with van der Waals surface area (Å²) >= 11 is 11.4. The van der Waals surface area contributed by atoms with E-state index < -0.39 is 0 Å². The van der Waals surface area contributed by atoms with Gasteiger partial charge < -0.3 is 14.8 Å². The summed E-state index contributed by atoms with van der Waals surface area (Å²) < 4.78 is 11.1. The number of hydrogen-bond donors (Lipinski definition) is 1. The molecule has 7 heteroatoms. The molecule has 1 saturated heterocycles. The number of para-hydroxylation sites is 1. The van der Waals surface area contributed by atoms with Crippen LogP contribution in [-0.2, 0) is 4.79 Å². The summed E-state index contributed by atoms with van der Waals surface area (Å²) in [6.45, 7) is 4.30. The highest BCUT2D eigenvalue weighted by Gasteiger charge is 2.33. The van der Waals surface area contributed by atoms with Crippen LogP contribution in [-0.4, -0.2) is 24.7 Å². The molecule has 1 heterocycles. The average molecular weight is 403 g/mol. The summed E-state index contributed by atoms with van der Waals surface area (Å²) in [5.74, 6) is 0.940. The fraction of sp³-hybridized carbons (Fsp3) is 0.200. The van der Waals surface area contributed by atoms with Gasteiger partial charge in [-0.2, -0.15) is 0 Å². The van der Waals surface area contributed by atoms with E-state index in [1.54, 1.807) is 31.4 Å². The van der Waals surface area contributed by atoms with E-state index in [2.05, 4.69) is 5.32 Å². The zero-order chi connectivity index (χ0) is 19.6. The molecule has 1 fully saturated rings. The predicted octanol–water partition coefficient (Wildman–Crippen LogP) is 4.32. The van der Waals surface area contributed by atoms with Crippen LogP contribution in [0, 0.1) is 6.92 Å². The SMILES string of the molecule is CCOc1cccc(/C=C2\NC(=S)N(c3ccc(Cl)cc3C)C2=O)c1OC. The maximum absolute atomic E-state index is 13.0. The Morgan fingerprint density at radius 3 is 2.74 bits per heavy atom. The van der Waals surface area contributed by atoms with Crippen LogP contribution in [0.15, 0.2) is 42.1 Å². The van der Waals surface area contributed by atoms with Crippen LogP contribution < -0.4 is 19.7 Å². The number of methoxy groups -OCH3 is 1. The van der Waals surface area contributed by atoms with Gasteiger partial charge in [-0.05, 0) is 62.0 Å². The molecule has 140 valence electrons. The average Bonchev–Trinajstić information content (AvgIpc) is 2.90. The van der Waals surface area contributed by atoms with Crippen LogP contribution >= 0.6 is 23.8 Å². The number of halogens is 1. The van der Waals surface area contributed by atoms with Crippen LogP contribution in [0.2, 0.25) is 5.02 Å². The summed E-state index contributed by atoms with van der Waals surface area (Å²) in [5.41, 5.74) is 2.63. The third-order valence-corrected chi connectivity index (χ3v) is 4.61. The summed E-state index contributed by atoms with van der Waals surface area (Å²) in [4.78, 5) is 14.4. The van der Waals surface area contributed by atoms with Gasteiger partial charge in [0.1, 0.15) is 5.70 Å². The van der Waals surface area contributed by atoms with Crippen molar-refractivity contribution in [3.63, 3.8) is 0 Å². The number of thiocarbonyl (C=S) groups is 1. The largest absolute Gasteiger partial charge is 0.492 e. The van der Waals surface area contributed by atoms with Crippen molar-refractivity contribution in [1.29, 1.82) is 0 Å². The van der Waals surface area contributed by atoms with Crippen LogP contribution in [0.1, 0.15) is 18.1 Å². The van der Waals surface area contributed by atoms with Gasteiger partial charge in [0.2, 0.25) is 0 Å². The number of nitrogens with zero attached hydrogens (tertiary/aromatic N) is 1. The second-order valence-corrected chi connectivity index (χ2v) is 6.69. The second kappa shape index (κ2) is 7.98. The van der Waals surface area contributed by atoms with Crippen LogP contribution in [0.3, 0.4) is 0 Å². The Kier molecular flexibility index (Phi) is 5.68. The highest BCUT2D eigenvalue weighted by molar-refractivity contribution is 7.80. The van der Waals surface area contributed by atoms with E-state index in [0.717, 1.165) is 11.1 Å². The molecule has 1 amide bonds. The highest BCUT2D eigenvalue weighted by Crippen LogP contribution is 2.34. The van der Waals surface area contributed by atoms with Gasteiger partial charge in [0.15, 0.2) is 16.6 Å². The summed E-state index contributed by atoms with van der Waals surface area (Å²) in [6, 6.07) is 10.8.